The quantitative estimate of drug-likeness (QED) is 0.0277. The second-order valence-corrected chi connectivity index (χ2v) is 13.0. The van der Waals surface area contributed by atoms with Crippen molar-refractivity contribution in [2.24, 2.45) is 0 Å². The Kier molecular flexibility index (Phi) is 30.5. The largest absolute Gasteiger partial charge is 0.472 e. The van der Waals surface area contributed by atoms with Gasteiger partial charge in [-0.3, -0.25) is 18.6 Å². The van der Waals surface area contributed by atoms with E-state index in [2.05, 4.69) is 54.8 Å². The molecule has 0 fully saturated rings. The van der Waals surface area contributed by atoms with E-state index in [0.717, 1.165) is 51.4 Å². The lowest BCUT2D eigenvalue weighted by Gasteiger charge is -2.20. The molecule has 0 saturated heterocycles. The first kappa shape index (κ1) is 44.2. The third-order valence-corrected chi connectivity index (χ3v) is 8.00. The van der Waals surface area contributed by atoms with Crippen LogP contribution < -0.4 is 0 Å². The second-order valence-electron chi connectivity index (χ2n) is 11.5. The summed E-state index contributed by atoms with van der Waals surface area (Å²) in [4.78, 5) is 34.6. The predicted octanol–water partition coefficient (Wildman–Crippen LogP) is 8.05. The molecule has 11 heteroatoms. The molecule has 3 atom stereocenters. The second kappa shape index (κ2) is 31.8. The van der Waals surface area contributed by atoms with Crippen LogP contribution in [0.15, 0.2) is 36.5 Å². The first-order chi connectivity index (χ1) is 22.2. The van der Waals surface area contributed by atoms with Gasteiger partial charge in [0.15, 0.2) is 6.10 Å². The normalized spacial score (nSPS) is 14.6. The van der Waals surface area contributed by atoms with Gasteiger partial charge in [0, 0.05) is 12.8 Å². The van der Waals surface area contributed by atoms with Gasteiger partial charge in [-0.15, -0.1) is 0 Å². The molecule has 0 amide bonds. The molecule has 46 heavy (non-hydrogen) atoms. The van der Waals surface area contributed by atoms with Gasteiger partial charge < -0.3 is 24.6 Å². The lowest BCUT2D eigenvalue weighted by atomic mass is 10.1. The zero-order chi connectivity index (χ0) is 34.1. The van der Waals surface area contributed by atoms with Crippen molar-refractivity contribution in [3.63, 3.8) is 0 Å². The number of phosphoric ester groups is 1. The van der Waals surface area contributed by atoms with Crippen LogP contribution in [-0.2, 0) is 32.7 Å². The summed E-state index contributed by atoms with van der Waals surface area (Å²) in [5.41, 5.74) is 0. The fourth-order valence-electron chi connectivity index (χ4n) is 4.29. The van der Waals surface area contributed by atoms with Gasteiger partial charge in [-0.25, -0.2) is 4.57 Å². The standard InChI is InChI=1S/C35H63O10P/c1-3-5-7-9-11-13-14-15-16-17-18-19-21-22-24-26-34(38)42-30-33(31-44-46(40,41)43-29-32(37)28-36)45-35(39)27-25-23-20-12-10-8-6-4-2/h11,13,15-16,18-19,32-33,36-37H,3-10,12,14,17,20-31H2,1-2H3,(H,40,41)/b13-11+,16-15+,19-18+/t32-,33+/m1/s1. The molecule has 0 spiro atoms. The Labute approximate surface area is 278 Å². The predicted molar refractivity (Wildman–Crippen MR) is 182 cm³/mol. The number of ether oxygens (including phenoxy) is 2. The van der Waals surface area contributed by atoms with Gasteiger partial charge in [0.05, 0.1) is 19.8 Å². The van der Waals surface area contributed by atoms with E-state index >= 15 is 0 Å². The highest BCUT2D eigenvalue weighted by Gasteiger charge is 2.27. The van der Waals surface area contributed by atoms with Crippen LogP contribution in [-0.4, -0.2) is 65.7 Å². The number of aliphatic hydroxyl groups is 2. The zero-order valence-corrected chi connectivity index (χ0v) is 29.4. The van der Waals surface area contributed by atoms with E-state index in [9.17, 15) is 24.2 Å². The molecule has 10 nitrogen and oxygen atoms in total. The van der Waals surface area contributed by atoms with Crippen molar-refractivity contribution in [3.8, 4) is 0 Å². The van der Waals surface area contributed by atoms with Crippen LogP contribution in [0, 0.1) is 0 Å². The molecule has 0 aliphatic heterocycles. The highest BCUT2D eigenvalue weighted by atomic mass is 31.2. The molecule has 268 valence electrons. The number of carbonyl (C=O) groups is 2. The molecule has 0 aliphatic carbocycles. The number of hydrogen-bond donors (Lipinski definition) is 3. The Morgan fingerprint density at radius 3 is 1.74 bits per heavy atom. The maximum atomic E-state index is 12.4. The van der Waals surface area contributed by atoms with Crippen LogP contribution in [0.2, 0.25) is 0 Å². The molecule has 0 aromatic rings. The summed E-state index contributed by atoms with van der Waals surface area (Å²) in [6.07, 6.45) is 28.5. The van der Waals surface area contributed by atoms with Gasteiger partial charge in [0.25, 0.3) is 0 Å². The molecule has 0 bridgehead atoms. The van der Waals surface area contributed by atoms with E-state index in [1.165, 1.54) is 44.9 Å². The summed E-state index contributed by atoms with van der Waals surface area (Å²) in [7, 11) is -4.61. The van der Waals surface area contributed by atoms with Crippen molar-refractivity contribution in [2.45, 2.75) is 148 Å². The fourth-order valence-corrected chi connectivity index (χ4v) is 5.08. The number of aliphatic hydroxyl groups excluding tert-OH is 2. The lowest BCUT2D eigenvalue weighted by molar-refractivity contribution is -0.161. The topological polar surface area (TPSA) is 149 Å². The maximum Gasteiger partial charge on any atom is 0.472 e. The van der Waals surface area contributed by atoms with Gasteiger partial charge in [0.2, 0.25) is 0 Å². The van der Waals surface area contributed by atoms with E-state index in [4.69, 9.17) is 19.1 Å². The summed E-state index contributed by atoms with van der Waals surface area (Å²) in [5, 5.41) is 18.2. The highest BCUT2D eigenvalue weighted by molar-refractivity contribution is 7.47. The van der Waals surface area contributed by atoms with Gasteiger partial charge in [-0.2, -0.15) is 0 Å². The van der Waals surface area contributed by atoms with Crippen LogP contribution in [0.5, 0.6) is 0 Å². The van der Waals surface area contributed by atoms with Crippen LogP contribution in [0.4, 0.5) is 0 Å². The molecule has 3 N–H and O–H groups in total. The Balaban J connectivity index is 4.45. The highest BCUT2D eigenvalue weighted by Crippen LogP contribution is 2.43. The minimum absolute atomic E-state index is 0.175. The minimum atomic E-state index is -4.61. The van der Waals surface area contributed by atoms with Crippen LogP contribution >= 0.6 is 7.82 Å². The summed E-state index contributed by atoms with van der Waals surface area (Å²) in [6.45, 7) is 2.23. The Morgan fingerprint density at radius 2 is 1.13 bits per heavy atom. The monoisotopic (exact) mass is 674 g/mol. The van der Waals surface area contributed by atoms with Crippen molar-refractivity contribution in [3.05, 3.63) is 36.5 Å². The Hall–Kier alpha value is -1.81. The van der Waals surface area contributed by atoms with E-state index < -0.39 is 51.8 Å². The van der Waals surface area contributed by atoms with Crippen molar-refractivity contribution in [2.75, 3.05) is 26.4 Å². The number of carbonyl (C=O) groups excluding carboxylic acids is 2. The molecular weight excluding hydrogens is 611 g/mol. The third-order valence-electron chi connectivity index (χ3n) is 7.05. The number of hydrogen-bond acceptors (Lipinski definition) is 9. The van der Waals surface area contributed by atoms with Gasteiger partial charge in [-0.05, 0) is 51.4 Å². The SMILES string of the molecule is CCCCC/C=C/C/C=C/C/C=C/CCCCC(=O)OC[C@@H](COP(=O)(O)OC[C@H](O)CO)OC(=O)CCCCCCCCCC. The van der Waals surface area contributed by atoms with E-state index in [1.807, 2.05) is 0 Å². The zero-order valence-electron chi connectivity index (χ0n) is 28.5. The summed E-state index contributed by atoms with van der Waals surface area (Å²) >= 11 is 0. The van der Waals surface area contributed by atoms with E-state index in [1.54, 1.807) is 0 Å². The fraction of sp³-hybridized carbons (Fsp3) is 0.771. The number of unbranched alkanes of at least 4 members (excludes halogenated alkanes) is 12. The molecule has 0 rings (SSSR count). The molecule has 0 aromatic heterocycles. The van der Waals surface area contributed by atoms with E-state index in [0.29, 0.717) is 12.8 Å². The number of allylic oxidation sites excluding steroid dienone is 6. The molecular formula is C35H63O10P. The number of esters is 2. The summed E-state index contributed by atoms with van der Waals surface area (Å²) in [5.74, 6) is -0.978. The molecule has 0 radical (unpaired) electrons. The average Bonchev–Trinajstić information content (AvgIpc) is 3.04. The van der Waals surface area contributed by atoms with Crippen molar-refractivity contribution >= 4 is 19.8 Å². The van der Waals surface area contributed by atoms with Crippen LogP contribution in [0.25, 0.3) is 0 Å². The first-order valence-electron chi connectivity index (χ1n) is 17.4. The number of phosphoric acid groups is 1. The van der Waals surface area contributed by atoms with Gasteiger partial charge >= 0.3 is 19.8 Å². The molecule has 0 aromatic carbocycles. The van der Waals surface area contributed by atoms with Crippen LogP contribution in [0.1, 0.15) is 136 Å². The van der Waals surface area contributed by atoms with E-state index in [-0.39, 0.29) is 19.4 Å². The molecule has 1 unspecified atom stereocenters. The Morgan fingerprint density at radius 1 is 0.652 bits per heavy atom. The molecule has 0 heterocycles. The lowest BCUT2D eigenvalue weighted by Crippen LogP contribution is -2.29. The third kappa shape index (κ3) is 30.8. The van der Waals surface area contributed by atoms with Crippen molar-refractivity contribution < 1.29 is 47.8 Å². The minimum Gasteiger partial charge on any atom is -0.462 e. The number of rotatable bonds is 32. The summed E-state index contributed by atoms with van der Waals surface area (Å²) in [6, 6.07) is 0. The Bertz CT molecular complexity index is 873. The van der Waals surface area contributed by atoms with Gasteiger partial charge in [-0.1, -0.05) is 108 Å². The molecule has 0 aliphatic rings. The van der Waals surface area contributed by atoms with Crippen molar-refractivity contribution in [1.82, 2.24) is 0 Å². The average molecular weight is 675 g/mol. The van der Waals surface area contributed by atoms with Crippen molar-refractivity contribution in [1.29, 1.82) is 0 Å². The smallest absolute Gasteiger partial charge is 0.462 e. The first-order valence-corrected chi connectivity index (χ1v) is 18.9. The molecule has 0 saturated carbocycles. The van der Waals surface area contributed by atoms with Crippen LogP contribution in [0.3, 0.4) is 0 Å². The maximum absolute atomic E-state index is 12.4. The summed E-state index contributed by atoms with van der Waals surface area (Å²) < 4.78 is 32.4. The van der Waals surface area contributed by atoms with Gasteiger partial charge in [0.1, 0.15) is 12.7 Å².